The molecule has 2 unspecified atom stereocenters. The molecule has 16 heavy (non-hydrogen) atoms. The Morgan fingerprint density at radius 3 is 2.88 bits per heavy atom. The highest BCUT2D eigenvalue weighted by Crippen LogP contribution is 2.29. The summed E-state index contributed by atoms with van der Waals surface area (Å²) in [6.07, 6.45) is 1.24. The van der Waals surface area contributed by atoms with Crippen LogP contribution in [0, 0.1) is 6.92 Å². The van der Waals surface area contributed by atoms with E-state index >= 15 is 0 Å². The Balaban J connectivity index is 2.17. The summed E-state index contributed by atoms with van der Waals surface area (Å²) < 4.78 is 6.64. The highest BCUT2D eigenvalue weighted by atomic mass is 79.9. The van der Waals surface area contributed by atoms with Gasteiger partial charge in [0.2, 0.25) is 0 Å². The molecule has 0 spiro atoms. The predicted molar refractivity (Wildman–Crippen MR) is 68.7 cm³/mol. The van der Waals surface area contributed by atoms with E-state index in [0.717, 1.165) is 29.0 Å². The molecule has 0 amide bonds. The molecule has 88 valence electrons. The number of nitrogens with one attached hydrogen (secondary N) is 1. The van der Waals surface area contributed by atoms with Gasteiger partial charge in [-0.05, 0) is 55.3 Å². The van der Waals surface area contributed by atoms with Crippen LogP contribution in [0.25, 0.3) is 0 Å². The third-order valence-corrected chi connectivity index (χ3v) is 4.16. The maximum atomic E-state index is 5.60. The SMILES string of the molecule is Cc1nc(NC2(C)CCOC2C)ccc1Br. The summed E-state index contributed by atoms with van der Waals surface area (Å²) in [7, 11) is 0. The molecule has 1 aliphatic rings. The first kappa shape index (κ1) is 11.9. The number of halogens is 1. The second kappa shape index (κ2) is 4.34. The summed E-state index contributed by atoms with van der Waals surface area (Å²) in [6.45, 7) is 7.10. The molecule has 0 bridgehead atoms. The van der Waals surface area contributed by atoms with Crippen LogP contribution in [0.1, 0.15) is 26.0 Å². The normalized spacial score (nSPS) is 29.4. The molecule has 0 radical (unpaired) electrons. The van der Waals surface area contributed by atoms with Gasteiger partial charge in [-0.15, -0.1) is 0 Å². The number of rotatable bonds is 2. The van der Waals surface area contributed by atoms with Crippen LogP contribution in [0.3, 0.4) is 0 Å². The summed E-state index contributed by atoms with van der Waals surface area (Å²) in [5, 5.41) is 3.48. The number of anilines is 1. The van der Waals surface area contributed by atoms with Gasteiger partial charge < -0.3 is 10.1 Å². The first-order valence-corrected chi connectivity index (χ1v) is 6.33. The fourth-order valence-corrected chi connectivity index (χ4v) is 2.13. The van der Waals surface area contributed by atoms with Crippen molar-refractivity contribution in [2.75, 3.05) is 11.9 Å². The first-order valence-electron chi connectivity index (χ1n) is 5.54. The van der Waals surface area contributed by atoms with Crippen molar-refractivity contribution >= 4 is 21.7 Å². The molecule has 2 atom stereocenters. The van der Waals surface area contributed by atoms with E-state index in [4.69, 9.17) is 4.74 Å². The third kappa shape index (κ3) is 2.23. The molecule has 1 saturated heterocycles. The molecule has 0 aliphatic carbocycles. The van der Waals surface area contributed by atoms with Crippen molar-refractivity contribution in [3.05, 3.63) is 22.3 Å². The van der Waals surface area contributed by atoms with Crippen LogP contribution in [0.5, 0.6) is 0 Å². The van der Waals surface area contributed by atoms with Gasteiger partial charge in [-0.25, -0.2) is 4.98 Å². The molecule has 2 rings (SSSR count). The van der Waals surface area contributed by atoms with Crippen molar-refractivity contribution < 1.29 is 4.74 Å². The Hall–Kier alpha value is -0.610. The van der Waals surface area contributed by atoms with E-state index in [0.29, 0.717) is 0 Å². The summed E-state index contributed by atoms with van der Waals surface area (Å²) in [5.74, 6) is 0.917. The minimum atomic E-state index is -0.00668. The molecule has 1 aliphatic heterocycles. The molecular weight excluding hydrogens is 268 g/mol. The highest BCUT2D eigenvalue weighted by Gasteiger charge is 2.37. The fraction of sp³-hybridized carbons (Fsp3) is 0.583. The van der Waals surface area contributed by atoms with E-state index in [2.05, 4.69) is 40.1 Å². The topological polar surface area (TPSA) is 34.2 Å². The number of aryl methyl sites for hydroxylation is 1. The molecule has 4 heteroatoms. The second-order valence-corrected chi connectivity index (χ2v) is 5.42. The van der Waals surface area contributed by atoms with E-state index in [1.54, 1.807) is 0 Å². The molecule has 1 fully saturated rings. The van der Waals surface area contributed by atoms with Gasteiger partial charge in [-0.3, -0.25) is 0 Å². The minimum Gasteiger partial charge on any atom is -0.376 e. The van der Waals surface area contributed by atoms with Crippen molar-refractivity contribution in [1.29, 1.82) is 0 Å². The largest absolute Gasteiger partial charge is 0.376 e. The Bertz CT molecular complexity index is 397. The van der Waals surface area contributed by atoms with Crippen LogP contribution in [0.15, 0.2) is 16.6 Å². The van der Waals surface area contributed by atoms with E-state index in [1.165, 1.54) is 0 Å². The molecule has 0 aromatic carbocycles. The quantitative estimate of drug-likeness (QED) is 0.906. The van der Waals surface area contributed by atoms with Crippen molar-refractivity contribution in [2.24, 2.45) is 0 Å². The average molecular weight is 285 g/mol. The number of aromatic nitrogens is 1. The molecule has 2 heterocycles. The van der Waals surface area contributed by atoms with Crippen LogP contribution in [0.4, 0.5) is 5.82 Å². The summed E-state index contributed by atoms with van der Waals surface area (Å²) in [6, 6.07) is 4.02. The Morgan fingerprint density at radius 2 is 2.31 bits per heavy atom. The molecule has 1 aromatic heterocycles. The first-order chi connectivity index (χ1) is 7.51. The number of pyridine rings is 1. The maximum Gasteiger partial charge on any atom is 0.126 e. The van der Waals surface area contributed by atoms with Crippen LogP contribution >= 0.6 is 15.9 Å². The smallest absolute Gasteiger partial charge is 0.126 e. The third-order valence-electron chi connectivity index (χ3n) is 3.32. The van der Waals surface area contributed by atoms with Crippen molar-refractivity contribution in [1.82, 2.24) is 4.98 Å². The molecule has 3 nitrogen and oxygen atoms in total. The van der Waals surface area contributed by atoms with Gasteiger partial charge in [-0.2, -0.15) is 0 Å². The Labute approximate surface area is 105 Å². The van der Waals surface area contributed by atoms with E-state index < -0.39 is 0 Å². The van der Waals surface area contributed by atoms with Gasteiger partial charge in [-0.1, -0.05) is 0 Å². The van der Waals surface area contributed by atoms with E-state index in [-0.39, 0.29) is 11.6 Å². The number of hydrogen-bond donors (Lipinski definition) is 1. The monoisotopic (exact) mass is 284 g/mol. The Morgan fingerprint density at radius 1 is 1.56 bits per heavy atom. The zero-order valence-corrected chi connectivity index (χ0v) is 11.5. The zero-order valence-electron chi connectivity index (χ0n) is 9.88. The minimum absolute atomic E-state index is 0.00668. The summed E-state index contributed by atoms with van der Waals surface area (Å²) >= 11 is 3.45. The van der Waals surface area contributed by atoms with E-state index in [9.17, 15) is 0 Å². The van der Waals surface area contributed by atoms with Crippen LogP contribution in [0.2, 0.25) is 0 Å². The molecule has 1 N–H and O–H groups in total. The van der Waals surface area contributed by atoms with Crippen molar-refractivity contribution in [3.63, 3.8) is 0 Å². The standard InChI is InChI=1S/C12H17BrN2O/c1-8-10(13)4-5-11(14-8)15-12(3)6-7-16-9(12)2/h4-5,9H,6-7H2,1-3H3,(H,14,15). The van der Waals surface area contributed by atoms with Crippen LogP contribution < -0.4 is 5.32 Å². The Kier molecular flexibility index (Phi) is 3.22. The lowest BCUT2D eigenvalue weighted by atomic mass is 9.95. The van der Waals surface area contributed by atoms with Gasteiger partial charge in [0.05, 0.1) is 17.3 Å². The van der Waals surface area contributed by atoms with E-state index in [1.807, 2.05) is 19.1 Å². The predicted octanol–water partition coefficient (Wildman–Crippen LogP) is 3.13. The van der Waals surface area contributed by atoms with Gasteiger partial charge in [0, 0.05) is 11.1 Å². The van der Waals surface area contributed by atoms with Gasteiger partial charge in [0.25, 0.3) is 0 Å². The molecule has 0 saturated carbocycles. The average Bonchev–Trinajstić information content (AvgIpc) is 2.53. The lowest BCUT2D eigenvalue weighted by Crippen LogP contribution is -2.41. The highest BCUT2D eigenvalue weighted by molar-refractivity contribution is 9.10. The molecular formula is C12H17BrN2O. The van der Waals surface area contributed by atoms with Gasteiger partial charge >= 0.3 is 0 Å². The molecule has 1 aromatic rings. The van der Waals surface area contributed by atoms with Crippen molar-refractivity contribution in [2.45, 2.75) is 38.8 Å². The lowest BCUT2D eigenvalue weighted by Gasteiger charge is -2.29. The fourth-order valence-electron chi connectivity index (χ4n) is 1.91. The zero-order chi connectivity index (χ0) is 11.8. The van der Waals surface area contributed by atoms with Crippen LogP contribution in [-0.2, 0) is 4.74 Å². The lowest BCUT2D eigenvalue weighted by molar-refractivity contribution is 0.105. The maximum absolute atomic E-state index is 5.60. The van der Waals surface area contributed by atoms with Crippen LogP contribution in [-0.4, -0.2) is 23.2 Å². The van der Waals surface area contributed by atoms with Gasteiger partial charge in [0.15, 0.2) is 0 Å². The number of ether oxygens (including phenoxy) is 1. The number of hydrogen-bond acceptors (Lipinski definition) is 3. The van der Waals surface area contributed by atoms with Gasteiger partial charge in [0.1, 0.15) is 5.82 Å². The second-order valence-electron chi connectivity index (χ2n) is 4.57. The summed E-state index contributed by atoms with van der Waals surface area (Å²) in [5.41, 5.74) is 0.993. The van der Waals surface area contributed by atoms with Crippen molar-refractivity contribution in [3.8, 4) is 0 Å². The summed E-state index contributed by atoms with van der Waals surface area (Å²) in [4.78, 5) is 4.50. The number of nitrogens with zero attached hydrogens (tertiary/aromatic N) is 1.